The Morgan fingerprint density at radius 3 is 1.31 bits per heavy atom. The summed E-state index contributed by atoms with van der Waals surface area (Å²) < 4.78 is 5.94. The first-order valence-corrected chi connectivity index (χ1v) is 27.2. The van der Waals surface area contributed by atoms with Gasteiger partial charge in [-0.1, -0.05) is 263 Å². The molecule has 3 N–H and O–H groups in total. The fraction of sp³-hybridized carbons (Fsp3) is 0.857. The molecule has 0 saturated carbocycles. The highest BCUT2D eigenvalue weighted by Crippen LogP contribution is 2.19. The number of ether oxygens (including phenoxy) is 1. The molecule has 0 radical (unpaired) electrons. The third-order valence-electron chi connectivity index (χ3n) is 12.5. The third kappa shape index (κ3) is 44.7. The van der Waals surface area contributed by atoms with Crippen molar-refractivity contribution < 1.29 is 24.5 Å². The Kier molecular flexibility index (Phi) is 48.5. The highest BCUT2D eigenvalue weighted by molar-refractivity contribution is 5.77. The van der Waals surface area contributed by atoms with E-state index in [1.807, 2.05) is 0 Å². The lowest BCUT2D eigenvalue weighted by atomic mass is 10.0. The van der Waals surface area contributed by atoms with E-state index < -0.39 is 18.2 Å². The third-order valence-corrected chi connectivity index (χ3v) is 12.5. The summed E-state index contributed by atoms with van der Waals surface area (Å²) in [6, 6.07) is -0.703. The Morgan fingerprint density at radius 1 is 0.484 bits per heavy atom. The molecule has 0 aromatic rings. The molecule has 364 valence electrons. The second-order valence-corrected chi connectivity index (χ2v) is 18.7. The highest BCUT2D eigenvalue weighted by atomic mass is 16.5. The fourth-order valence-corrected chi connectivity index (χ4v) is 8.43. The summed E-state index contributed by atoms with van der Waals surface area (Å²) >= 11 is 0. The molecule has 6 heteroatoms. The molecule has 3 unspecified atom stereocenters. The highest BCUT2D eigenvalue weighted by Gasteiger charge is 2.24. The van der Waals surface area contributed by atoms with Gasteiger partial charge in [0.25, 0.3) is 0 Å². The molecular formula is C56H105NO5. The van der Waals surface area contributed by atoms with Crippen LogP contribution in [0.15, 0.2) is 36.5 Å². The molecule has 0 bridgehead atoms. The molecule has 0 rings (SSSR count). The van der Waals surface area contributed by atoms with E-state index in [4.69, 9.17) is 4.74 Å². The van der Waals surface area contributed by atoms with Crippen molar-refractivity contribution in [1.29, 1.82) is 0 Å². The van der Waals surface area contributed by atoms with Gasteiger partial charge in [-0.2, -0.15) is 0 Å². The van der Waals surface area contributed by atoms with Gasteiger partial charge in [-0.05, 0) is 44.9 Å². The van der Waals surface area contributed by atoms with Gasteiger partial charge >= 0.3 is 5.97 Å². The van der Waals surface area contributed by atoms with Crippen LogP contribution in [0.1, 0.15) is 284 Å². The Balaban J connectivity index is 4.53. The first-order chi connectivity index (χ1) is 30.5. The average Bonchev–Trinajstić information content (AvgIpc) is 3.26. The molecule has 0 aliphatic rings. The van der Waals surface area contributed by atoms with Crippen molar-refractivity contribution in [2.75, 3.05) is 6.61 Å². The van der Waals surface area contributed by atoms with Crippen molar-refractivity contribution >= 4 is 11.9 Å². The minimum absolute atomic E-state index is 0.0735. The smallest absolute Gasteiger partial charge is 0.306 e. The predicted octanol–water partition coefficient (Wildman–Crippen LogP) is 16.5. The fourth-order valence-electron chi connectivity index (χ4n) is 8.43. The number of nitrogens with one attached hydrogen (secondary N) is 1. The number of hydrogen-bond acceptors (Lipinski definition) is 5. The minimum Gasteiger partial charge on any atom is -0.462 e. The zero-order valence-electron chi connectivity index (χ0n) is 41.5. The largest absolute Gasteiger partial charge is 0.462 e. The van der Waals surface area contributed by atoms with Gasteiger partial charge in [0.05, 0.1) is 25.2 Å². The van der Waals surface area contributed by atoms with Crippen LogP contribution >= 0.6 is 0 Å². The van der Waals surface area contributed by atoms with E-state index in [1.54, 1.807) is 0 Å². The lowest BCUT2D eigenvalue weighted by molar-refractivity contribution is -0.151. The van der Waals surface area contributed by atoms with Crippen LogP contribution in [0.25, 0.3) is 0 Å². The molecule has 0 fully saturated rings. The van der Waals surface area contributed by atoms with E-state index in [0.29, 0.717) is 19.3 Å². The topological polar surface area (TPSA) is 95.9 Å². The van der Waals surface area contributed by atoms with E-state index in [2.05, 4.69) is 62.5 Å². The van der Waals surface area contributed by atoms with Gasteiger partial charge < -0.3 is 20.3 Å². The van der Waals surface area contributed by atoms with E-state index in [0.717, 1.165) is 70.6 Å². The molecule has 0 aromatic heterocycles. The van der Waals surface area contributed by atoms with Crippen molar-refractivity contribution in [2.24, 2.45) is 0 Å². The van der Waals surface area contributed by atoms with Crippen LogP contribution in [0, 0.1) is 0 Å². The lowest BCUT2D eigenvalue weighted by Crippen LogP contribution is -2.46. The van der Waals surface area contributed by atoms with Gasteiger partial charge in [0.2, 0.25) is 5.91 Å². The van der Waals surface area contributed by atoms with Crippen molar-refractivity contribution in [3.8, 4) is 0 Å². The van der Waals surface area contributed by atoms with E-state index >= 15 is 0 Å². The molecule has 0 saturated heterocycles. The molecular weight excluding hydrogens is 767 g/mol. The number of esters is 1. The van der Waals surface area contributed by atoms with Crippen molar-refractivity contribution in [2.45, 2.75) is 302 Å². The standard InChI is InChI=1S/C56H105NO5/c1-4-7-10-13-16-19-22-25-27-28-31-33-36-39-42-45-48-54(59)53(51-58)57-55(60)50-52(47-44-41-38-35-32-30-26-23-20-17-14-11-8-5-2)62-56(61)49-46-43-40-37-34-29-24-21-18-15-12-9-6-3/h9,12,15,18,21,24,52-54,58-59H,4-8,10-11,13-14,16-17,19-20,22-23,25-51H2,1-3H3,(H,57,60)/b12-9+,18-15+,24-21-. The maximum Gasteiger partial charge on any atom is 0.306 e. The molecule has 6 nitrogen and oxygen atoms in total. The lowest BCUT2D eigenvalue weighted by Gasteiger charge is -2.24. The molecule has 0 aliphatic carbocycles. The predicted molar refractivity (Wildman–Crippen MR) is 269 cm³/mol. The van der Waals surface area contributed by atoms with Crippen molar-refractivity contribution in [3.05, 3.63) is 36.5 Å². The average molecular weight is 872 g/mol. The number of unbranched alkanes of at least 4 members (excludes halogenated alkanes) is 33. The van der Waals surface area contributed by atoms with Crippen LogP contribution in [-0.4, -0.2) is 46.9 Å². The molecule has 0 aliphatic heterocycles. The van der Waals surface area contributed by atoms with Gasteiger partial charge in [0.15, 0.2) is 0 Å². The Labute approximate surface area is 385 Å². The van der Waals surface area contributed by atoms with Gasteiger partial charge in [-0.3, -0.25) is 9.59 Å². The van der Waals surface area contributed by atoms with Gasteiger partial charge in [0, 0.05) is 6.42 Å². The van der Waals surface area contributed by atoms with Gasteiger partial charge in [-0.25, -0.2) is 0 Å². The first kappa shape index (κ1) is 60.1. The molecule has 3 atom stereocenters. The number of amides is 1. The van der Waals surface area contributed by atoms with Crippen LogP contribution in [0.5, 0.6) is 0 Å². The van der Waals surface area contributed by atoms with Crippen molar-refractivity contribution in [1.82, 2.24) is 5.32 Å². The summed E-state index contributed by atoms with van der Waals surface area (Å²) in [7, 11) is 0. The second kappa shape index (κ2) is 50.1. The molecule has 0 spiro atoms. The summed E-state index contributed by atoms with van der Waals surface area (Å²) in [4.78, 5) is 26.2. The molecule has 0 heterocycles. The maximum absolute atomic E-state index is 13.2. The second-order valence-electron chi connectivity index (χ2n) is 18.7. The Hall–Kier alpha value is -1.92. The number of aliphatic hydroxyl groups excluding tert-OH is 2. The summed E-state index contributed by atoms with van der Waals surface area (Å²) in [6.07, 6.45) is 59.2. The zero-order chi connectivity index (χ0) is 45.2. The van der Waals surface area contributed by atoms with Crippen LogP contribution in [0.4, 0.5) is 0 Å². The van der Waals surface area contributed by atoms with Crippen LogP contribution in [-0.2, 0) is 14.3 Å². The molecule has 62 heavy (non-hydrogen) atoms. The van der Waals surface area contributed by atoms with Gasteiger partial charge in [0.1, 0.15) is 6.10 Å². The first-order valence-electron chi connectivity index (χ1n) is 27.2. The summed E-state index contributed by atoms with van der Waals surface area (Å²) in [5.74, 6) is -0.484. The Bertz CT molecular complexity index is 1020. The molecule has 0 aromatic carbocycles. The van der Waals surface area contributed by atoms with E-state index in [-0.39, 0.29) is 24.9 Å². The SMILES string of the molecule is CC/C=C/C=C/C=C\CCCCCCCC(=O)OC(CCCCCCCCCCCCCCCC)CC(=O)NC(CO)C(O)CCCCCCCCCCCCCCCCCC. The number of aliphatic hydroxyl groups is 2. The summed E-state index contributed by atoms with van der Waals surface area (Å²) in [5.41, 5.74) is 0. The monoisotopic (exact) mass is 872 g/mol. The maximum atomic E-state index is 13.2. The Morgan fingerprint density at radius 2 is 0.871 bits per heavy atom. The van der Waals surface area contributed by atoms with Crippen LogP contribution in [0.3, 0.4) is 0 Å². The number of carbonyl (C=O) groups is 2. The number of allylic oxidation sites excluding steroid dienone is 6. The normalized spacial score (nSPS) is 13.4. The van der Waals surface area contributed by atoms with Crippen molar-refractivity contribution in [3.63, 3.8) is 0 Å². The van der Waals surface area contributed by atoms with E-state index in [1.165, 1.54) is 167 Å². The van der Waals surface area contributed by atoms with Crippen LogP contribution in [0.2, 0.25) is 0 Å². The minimum atomic E-state index is -0.789. The van der Waals surface area contributed by atoms with E-state index in [9.17, 15) is 19.8 Å². The number of rotatable bonds is 49. The zero-order valence-corrected chi connectivity index (χ0v) is 41.5. The van der Waals surface area contributed by atoms with Crippen LogP contribution < -0.4 is 5.32 Å². The molecule has 1 amide bonds. The number of carbonyl (C=O) groups excluding carboxylic acids is 2. The quantitative estimate of drug-likeness (QED) is 0.0321. The van der Waals surface area contributed by atoms with Gasteiger partial charge in [-0.15, -0.1) is 0 Å². The summed E-state index contributed by atoms with van der Waals surface area (Å²) in [6.45, 7) is 6.38. The summed E-state index contributed by atoms with van der Waals surface area (Å²) in [5, 5.41) is 23.8. The number of hydrogen-bond donors (Lipinski definition) is 3.